The molecule has 2 nitrogen and oxygen atoms in total. The van der Waals surface area contributed by atoms with E-state index in [0.29, 0.717) is 5.75 Å². The summed E-state index contributed by atoms with van der Waals surface area (Å²) in [7, 11) is 1.52. The maximum Gasteiger partial charge on any atom is 1.00 e. The Bertz CT molecular complexity index is 213. The van der Waals surface area contributed by atoms with Gasteiger partial charge in [0, 0.05) is 18.7 Å². The van der Waals surface area contributed by atoms with Crippen molar-refractivity contribution in [3.05, 3.63) is 30.1 Å². The van der Waals surface area contributed by atoms with Gasteiger partial charge in [-0.2, -0.15) is 0 Å². The van der Waals surface area contributed by atoms with E-state index in [1.54, 1.807) is 0 Å². The summed E-state index contributed by atoms with van der Waals surface area (Å²) < 4.78 is 21.9. The zero-order chi connectivity index (χ0) is 8.10. The van der Waals surface area contributed by atoms with Crippen LogP contribution in [-0.4, -0.2) is 13.9 Å². The molecule has 0 radical (unpaired) electrons. The van der Waals surface area contributed by atoms with Gasteiger partial charge in [-0.25, -0.2) is 0 Å². The normalized spacial score (nSPS) is 8.83. The average molecular weight is 162 g/mol. The Morgan fingerprint density at radius 2 is 2.25 bits per heavy atom. The second kappa shape index (κ2) is 6.07. The van der Waals surface area contributed by atoms with E-state index < -0.39 is 0 Å². The summed E-state index contributed by atoms with van der Waals surface area (Å²) in [5.74, 6) is 0.156. The minimum Gasteiger partial charge on any atom is -0.493 e. The smallest absolute Gasteiger partial charge is 0.493 e. The van der Waals surface area contributed by atoms with Crippen LogP contribution in [0, 0.1) is 11.9 Å². The van der Waals surface area contributed by atoms with Gasteiger partial charge in [-0.15, -0.1) is 24.3 Å². The van der Waals surface area contributed by atoms with Crippen molar-refractivity contribution in [1.29, 1.82) is 0 Å². The number of hydrogen-bond acceptors (Lipinski definition) is 2. The molecule has 0 heterocycles. The predicted octanol–water partition coefficient (Wildman–Crippen LogP) is -1.39. The maximum atomic E-state index is 12.3. The van der Waals surface area contributed by atoms with Crippen LogP contribution in [0.2, 0.25) is 0 Å². The Hall–Kier alpha value is -0.493. The number of rotatable bonds is 3. The molecule has 0 spiro atoms. The van der Waals surface area contributed by atoms with Crippen molar-refractivity contribution in [3.63, 3.8) is 0 Å². The van der Waals surface area contributed by atoms with Gasteiger partial charge < -0.3 is 9.47 Å². The van der Waals surface area contributed by atoms with Crippen LogP contribution in [0.1, 0.15) is 0 Å². The molecule has 0 aromatic heterocycles. The molecule has 1 aromatic rings. The zero-order valence-electron chi connectivity index (χ0n) is 7.13. The standard InChI is InChI=1S/C8H8FO2.Li/c1-10-6-11-8-4-2-7(9)3-5-8;/h2-4H,6H2,1H3;/q-1;+1. The van der Waals surface area contributed by atoms with Crippen LogP contribution in [0.4, 0.5) is 4.39 Å². The zero-order valence-corrected chi connectivity index (χ0v) is 7.13. The Labute approximate surface area is 82.9 Å². The van der Waals surface area contributed by atoms with E-state index >= 15 is 0 Å². The van der Waals surface area contributed by atoms with E-state index in [-0.39, 0.29) is 31.5 Å². The maximum absolute atomic E-state index is 12.3. The third-order valence-electron chi connectivity index (χ3n) is 1.08. The van der Waals surface area contributed by atoms with Crippen LogP contribution >= 0.6 is 0 Å². The largest absolute Gasteiger partial charge is 1.00 e. The van der Waals surface area contributed by atoms with Gasteiger partial charge in [-0.3, -0.25) is 4.39 Å². The molecule has 1 rings (SSSR count). The Morgan fingerprint density at radius 3 is 2.75 bits per heavy atom. The first-order valence-corrected chi connectivity index (χ1v) is 3.12. The summed E-state index contributed by atoms with van der Waals surface area (Å²) in [6.07, 6.45) is 0. The summed E-state index contributed by atoms with van der Waals surface area (Å²) in [6, 6.07) is 6.61. The summed E-state index contributed by atoms with van der Waals surface area (Å²) in [6.45, 7) is 0.155. The van der Waals surface area contributed by atoms with Crippen molar-refractivity contribution >= 4 is 0 Å². The minimum absolute atomic E-state index is 0. The first-order chi connectivity index (χ1) is 5.33. The van der Waals surface area contributed by atoms with Gasteiger partial charge in [-0.1, -0.05) is 0 Å². The minimum atomic E-state index is -0.324. The van der Waals surface area contributed by atoms with Gasteiger partial charge in [0.25, 0.3) is 0 Å². The molecule has 0 amide bonds. The third kappa shape index (κ3) is 3.77. The van der Waals surface area contributed by atoms with Crippen LogP contribution in [0.3, 0.4) is 0 Å². The molecule has 0 saturated carbocycles. The van der Waals surface area contributed by atoms with Gasteiger partial charge in [0.15, 0.2) is 6.79 Å². The molecule has 0 atom stereocenters. The van der Waals surface area contributed by atoms with Crippen molar-refractivity contribution < 1.29 is 32.7 Å². The number of halogens is 1. The van der Waals surface area contributed by atoms with Crippen LogP contribution in [0.15, 0.2) is 18.2 Å². The summed E-state index contributed by atoms with van der Waals surface area (Å²) >= 11 is 0. The fraction of sp³-hybridized carbons (Fsp3) is 0.250. The first kappa shape index (κ1) is 11.5. The van der Waals surface area contributed by atoms with Crippen molar-refractivity contribution in [2.75, 3.05) is 13.9 Å². The number of ether oxygens (including phenoxy) is 2. The van der Waals surface area contributed by atoms with Gasteiger partial charge in [0.2, 0.25) is 0 Å². The van der Waals surface area contributed by atoms with Crippen LogP contribution in [0.25, 0.3) is 0 Å². The number of benzene rings is 1. The second-order valence-electron chi connectivity index (χ2n) is 1.92. The molecule has 0 N–H and O–H groups in total. The number of methoxy groups -OCH3 is 1. The van der Waals surface area contributed by atoms with Gasteiger partial charge >= 0.3 is 18.9 Å². The molecule has 0 bridgehead atoms. The van der Waals surface area contributed by atoms with E-state index in [1.165, 1.54) is 25.3 Å². The summed E-state index contributed by atoms with van der Waals surface area (Å²) in [5, 5.41) is 0. The first-order valence-electron chi connectivity index (χ1n) is 3.12. The van der Waals surface area contributed by atoms with E-state index in [9.17, 15) is 4.39 Å². The Kier molecular flexibility index (Phi) is 5.82. The van der Waals surface area contributed by atoms with Crippen molar-refractivity contribution in [2.24, 2.45) is 0 Å². The molecule has 60 valence electrons. The molecule has 0 aliphatic carbocycles. The average Bonchev–Trinajstić information content (AvgIpc) is 2.04. The fourth-order valence-corrected chi connectivity index (χ4v) is 0.604. The summed E-state index contributed by atoms with van der Waals surface area (Å²) in [4.78, 5) is 0. The Morgan fingerprint density at radius 1 is 1.50 bits per heavy atom. The Balaban J connectivity index is 0.00000121. The number of hydrogen-bond donors (Lipinski definition) is 0. The monoisotopic (exact) mass is 162 g/mol. The molecule has 12 heavy (non-hydrogen) atoms. The van der Waals surface area contributed by atoms with Gasteiger partial charge in [0.05, 0.1) is 0 Å². The van der Waals surface area contributed by atoms with E-state index in [0.717, 1.165) is 0 Å². The third-order valence-corrected chi connectivity index (χ3v) is 1.08. The van der Waals surface area contributed by atoms with Crippen LogP contribution < -0.4 is 23.6 Å². The van der Waals surface area contributed by atoms with Crippen molar-refractivity contribution in [1.82, 2.24) is 0 Å². The van der Waals surface area contributed by atoms with Gasteiger partial charge in [0.1, 0.15) is 0 Å². The molecular weight excluding hydrogens is 154 g/mol. The molecule has 0 fully saturated rings. The molecule has 0 aliphatic heterocycles. The van der Waals surface area contributed by atoms with Gasteiger partial charge in [-0.05, 0) is 0 Å². The molecule has 0 aliphatic rings. The SMILES string of the molecule is COCOc1[c-]cc(F)cc1.[Li+]. The molecule has 1 aromatic carbocycles. The quantitative estimate of drug-likeness (QED) is 0.309. The van der Waals surface area contributed by atoms with Crippen LogP contribution in [0.5, 0.6) is 5.75 Å². The topological polar surface area (TPSA) is 18.5 Å². The molecule has 0 unspecified atom stereocenters. The molecular formula is C8H8FLiO2. The molecule has 0 saturated heterocycles. The van der Waals surface area contributed by atoms with E-state index in [1.807, 2.05) is 0 Å². The van der Waals surface area contributed by atoms with E-state index in [2.05, 4.69) is 10.8 Å². The van der Waals surface area contributed by atoms with Crippen molar-refractivity contribution in [2.45, 2.75) is 0 Å². The predicted molar refractivity (Wildman–Crippen MR) is 37.7 cm³/mol. The summed E-state index contributed by atoms with van der Waals surface area (Å²) in [5.41, 5.74) is 0. The second-order valence-corrected chi connectivity index (χ2v) is 1.92. The van der Waals surface area contributed by atoms with E-state index in [4.69, 9.17) is 4.74 Å². The fourth-order valence-electron chi connectivity index (χ4n) is 0.604. The van der Waals surface area contributed by atoms with Crippen LogP contribution in [-0.2, 0) is 4.74 Å². The van der Waals surface area contributed by atoms with Crippen molar-refractivity contribution in [3.8, 4) is 5.75 Å². The molecule has 4 heteroatoms.